The Hall–Kier alpha value is -7.84. The van der Waals surface area contributed by atoms with E-state index in [4.69, 9.17) is 10.5 Å². The van der Waals surface area contributed by atoms with Gasteiger partial charge in [0, 0.05) is 87.2 Å². The fraction of sp³-hybridized carbons (Fsp3) is 0.474. The first-order valence-corrected chi connectivity index (χ1v) is 27.7. The summed E-state index contributed by atoms with van der Waals surface area (Å²) in [6.07, 6.45) is 3.18. The third kappa shape index (κ3) is 15.8. The Bertz CT molecular complexity index is 3090. The molecule has 2 aromatic heterocycles. The Morgan fingerprint density at radius 1 is 0.829 bits per heavy atom. The van der Waals surface area contributed by atoms with Crippen molar-refractivity contribution >= 4 is 82.1 Å². The van der Waals surface area contributed by atoms with Gasteiger partial charge in [-0.15, -0.1) is 0 Å². The minimum absolute atomic E-state index is 0.0339. The number of aliphatic hydroxyl groups excluding tert-OH is 1. The molecule has 0 saturated carbocycles. The second-order valence-corrected chi connectivity index (χ2v) is 21.7. The number of likely N-dealkylation sites (N-methyl/N-ethyl adjacent to an activating group) is 1. The molecule has 25 heteroatoms. The largest absolute Gasteiger partial charge is 0.497 e. The lowest BCUT2D eigenvalue weighted by Gasteiger charge is -2.31. The molecule has 13 N–H and O–H groups in total. The lowest BCUT2D eigenvalue weighted by molar-refractivity contribution is -0.143. The van der Waals surface area contributed by atoms with Gasteiger partial charge in [-0.1, -0.05) is 62.4 Å². The summed E-state index contributed by atoms with van der Waals surface area (Å²) < 4.78 is 6.88. The number of nitrogens with zero attached hydrogens (tertiary/aromatic N) is 3. The molecule has 2 fully saturated rings. The monoisotopic (exact) mass is 1130 g/mol. The SMILES string of the molecule is COc1ccc(CNC[C@H](NC(=O)[C@@H]2CCCN2)C(=O)N[C@@H](CC(C)C)C(=O)N2C[C@H](O)C[C@H]2C(=O)N[C@@H](Cc2c[nH]c3ccccc23)C(=O)N[C@@H](CCN)C(=O)N[C@@H](Cc2cn(CC(=O)O)c3ccccc23)C(=O)N(C)C)cc1BO. The maximum atomic E-state index is 14.8. The number of aromatic amines is 1. The van der Waals surface area contributed by atoms with Crippen LogP contribution in [0.25, 0.3) is 21.8 Å². The van der Waals surface area contributed by atoms with Crippen LogP contribution in [0.5, 0.6) is 5.75 Å². The summed E-state index contributed by atoms with van der Waals surface area (Å²) in [5.74, 6) is -5.26. The number of hydrogen-bond donors (Lipinski definition) is 12. The van der Waals surface area contributed by atoms with Crippen LogP contribution in [0.3, 0.4) is 0 Å². The van der Waals surface area contributed by atoms with Crippen molar-refractivity contribution in [3.05, 3.63) is 95.8 Å². The molecule has 0 bridgehead atoms. The Morgan fingerprint density at radius 2 is 1.50 bits per heavy atom. The smallest absolute Gasteiger partial charge is 0.323 e. The number of aromatic nitrogens is 2. The van der Waals surface area contributed by atoms with Crippen LogP contribution in [0, 0.1) is 5.92 Å². The molecule has 7 amide bonds. The van der Waals surface area contributed by atoms with Crippen LogP contribution in [0.15, 0.2) is 79.1 Å². The molecule has 8 atom stereocenters. The number of methoxy groups -OCH3 is 1. The summed E-state index contributed by atoms with van der Waals surface area (Å²) in [5.41, 5.74) is 9.97. The predicted octanol–water partition coefficient (Wildman–Crippen LogP) is -1.62. The molecule has 0 unspecified atom stereocenters. The van der Waals surface area contributed by atoms with Gasteiger partial charge in [0.05, 0.1) is 19.3 Å². The second-order valence-electron chi connectivity index (χ2n) is 21.7. The number of para-hydroxylation sites is 2. The Kier molecular flexibility index (Phi) is 21.6. The van der Waals surface area contributed by atoms with Crippen LogP contribution >= 0.6 is 0 Å². The van der Waals surface area contributed by atoms with Gasteiger partial charge in [-0.2, -0.15) is 0 Å². The second kappa shape index (κ2) is 28.7. The van der Waals surface area contributed by atoms with Gasteiger partial charge >= 0.3 is 13.5 Å². The highest BCUT2D eigenvalue weighted by Crippen LogP contribution is 2.25. The van der Waals surface area contributed by atoms with Crippen LogP contribution in [0.1, 0.15) is 62.6 Å². The number of β-amino-alcohol motifs (C(OH)–C–C–N with tert-alkyl or cyclic N) is 1. The van der Waals surface area contributed by atoms with E-state index in [0.29, 0.717) is 46.2 Å². The van der Waals surface area contributed by atoms with Crippen molar-refractivity contribution in [1.29, 1.82) is 0 Å². The Morgan fingerprint density at radius 3 is 2.18 bits per heavy atom. The number of likely N-dealkylation sites (tertiary alicyclic amines) is 1. The number of fused-ring (bicyclic) bond motifs is 2. The topological polar surface area (TPSA) is 344 Å². The highest BCUT2D eigenvalue weighted by atomic mass is 16.5. The summed E-state index contributed by atoms with van der Waals surface area (Å²) in [4.78, 5) is 118. The number of aliphatic carboxylic acids is 1. The van der Waals surface area contributed by atoms with E-state index in [2.05, 4.69) is 42.2 Å². The lowest BCUT2D eigenvalue weighted by atomic mass is 9.86. The van der Waals surface area contributed by atoms with Crippen molar-refractivity contribution in [2.45, 2.75) is 120 Å². The standard InChI is InChI=1S/C57H77BN12O12/c1-32(2)21-44(65-54(77)46(67-51(74)41-14-10-20-61-41)28-60-26-33-16-17-49(82-5)39(22-33)58-81)57(80)70-30-36(71)25-48(70)55(78)64-43(23-34-27-62-40-13-8-6-11-37(34)40)53(76)63-42(18-19-59)52(75)66-45(56(79)68(3)4)24-35-29-69(31-50(72)73)47-15-9-7-12-38(35)47/h6-9,11-13,15-17,22,27,29,32,36,41-46,48,58,60-62,71,81H,10,14,18-21,23-26,28,30-31,59H2,1-5H3,(H,63,76)(H,64,78)(H,65,77)(H,66,75)(H,67,74)(H,72,73)/t36-,41+,42+,43+,44+,45+,46+,48+/m1/s1. The van der Waals surface area contributed by atoms with E-state index >= 15 is 0 Å². The summed E-state index contributed by atoms with van der Waals surface area (Å²) >= 11 is 0. The van der Waals surface area contributed by atoms with Gasteiger partial charge in [0.15, 0.2) is 0 Å². The molecular formula is C57H77BN12O12. The quantitative estimate of drug-likeness (QED) is 0.0251. The maximum absolute atomic E-state index is 14.8. The van der Waals surface area contributed by atoms with Crippen LogP contribution in [0.2, 0.25) is 0 Å². The maximum Gasteiger partial charge on any atom is 0.323 e. The predicted molar refractivity (Wildman–Crippen MR) is 308 cm³/mol. The van der Waals surface area contributed by atoms with Gasteiger partial charge < -0.3 is 82.3 Å². The first kappa shape index (κ1) is 61.8. The summed E-state index contributed by atoms with van der Waals surface area (Å²) in [5, 5.41) is 52.5. The minimum atomic E-state index is -1.39. The molecule has 440 valence electrons. The molecular weight excluding hydrogens is 1060 g/mol. The average molecular weight is 1130 g/mol. The number of H-pyrrole nitrogens is 1. The average Bonchev–Trinajstić information content (AvgIpc) is 4.42. The van der Waals surface area contributed by atoms with Crippen LogP contribution in [0.4, 0.5) is 0 Å². The zero-order valence-corrected chi connectivity index (χ0v) is 47.0. The summed E-state index contributed by atoms with van der Waals surface area (Å²) in [6, 6.07) is 11.6. The number of rotatable bonds is 28. The number of carbonyl (C=O) groups is 8. The van der Waals surface area contributed by atoms with Gasteiger partial charge in [-0.25, -0.2) is 0 Å². The fourth-order valence-corrected chi connectivity index (χ4v) is 10.8. The molecule has 0 spiro atoms. The summed E-state index contributed by atoms with van der Waals surface area (Å²) in [7, 11) is 4.29. The molecule has 0 aliphatic carbocycles. The van der Waals surface area contributed by atoms with Crippen molar-refractivity contribution < 1.29 is 58.3 Å². The zero-order chi connectivity index (χ0) is 59.2. The Labute approximate surface area is 476 Å². The normalized spacial score (nSPS) is 17.8. The number of ether oxygens (including phenoxy) is 1. The number of aliphatic hydroxyl groups is 1. The third-order valence-corrected chi connectivity index (χ3v) is 14.9. The molecule has 7 rings (SSSR count). The van der Waals surface area contributed by atoms with Crippen molar-refractivity contribution in [2.24, 2.45) is 11.7 Å². The van der Waals surface area contributed by atoms with E-state index in [1.807, 2.05) is 38.1 Å². The molecule has 5 aromatic rings. The fourth-order valence-electron chi connectivity index (χ4n) is 10.8. The molecule has 2 aliphatic heterocycles. The van der Waals surface area contributed by atoms with Crippen molar-refractivity contribution in [2.75, 3.05) is 47.4 Å². The molecule has 2 aliphatic rings. The van der Waals surface area contributed by atoms with Gasteiger partial charge in [-0.3, -0.25) is 38.4 Å². The number of carboxylic acid groups (broad SMARTS) is 1. The molecule has 2 saturated heterocycles. The molecule has 82 heavy (non-hydrogen) atoms. The van der Waals surface area contributed by atoms with E-state index in [-0.39, 0.29) is 78.2 Å². The number of carbonyl (C=O) groups excluding carboxylic acids is 7. The van der Waals surface area contributed by atoms with E-state index in [9.17, 15) is 53.6 Å². The van der Waals surface area contributed by atoms with Gasteiger partial charge in [0.25, 0.3) is 0 Å². The van der Waals surface area contributed by atoms with E-state index in [1.54, 1.807) is 59.4 Å². The molecule has 4 heterocycles. The highest BCUT2D eigenvalue weighted by molar-refractivity contribution is 6.47. The van der Waals surface area contributed by atoms with Crippen LogP contribution < -0.4 is 53.2 Å². The number of carboxylic acids is 1. The zero-order valence-electron chi connectivity index (χ0n) is 47.0. The van der Waals surface area contributed by atoms with E-state index in [1.165, 1.54) is 31.0 Å². The minimum Gasteiger partial charge on any atom is -0.497 e. The lowest BCUT2D eigenvalue weighted by Crippen LogP contribution is -2.61. The molecule has 3 aromatic carbocycles. The van der Waals surface area contributed by atoms with Gasteiger partial charge in [0.2, 0.25) is 41.4 Å². The first-order valence-electron chi connectivity index (χ1n) is 27.7. The van der Waals surface area contributed by atoms with Crippen molar-refractivity contribution in [1.82, 2.24) is 56.6 Å². The van der Waals surface area contributed by atoms with Crippen molar-refractivity contribution in [3.8, 4) is 5.75 Å². The van der Waals surface area contributed by atoms with Crippen molar-refractivity contribution in [3.63, 3.8) is 0 Å². The third-order valence-electron chi connectivity index (χ3n) is 14.9. The molecule has 0 radical (unpaired) electrons. The number of nitrogens with one attached hydrogen (secondary N) is 8. The van der Waals surface area contributed by atoms with E-state index in [0.717, 1.165) is 22.9 Å². The summed E-state index contributed by atoms with van der Waals surface area (Å²) in [6.45, 7) is 3.85. The van der Waals surface area contributed by atoms with Gasteiger partial charge in [0.1, 0.15) is 48.5 Å². The first-order chi connectivity index (χ1) is 39.3. The van der Waals surface area contributed by atoms with E-state index < -0.39 is 95.7 Å². The highest BCUT2D eigenvalue weighted by Gasteiger charge is 2.43. The number of hydrogen-bond acceptors (Lipinski definition) is 14. The van der Waals surface area contributed by atoms with Gasteiger partial charge in [-0.05, 0) is 85.0 Å². The van der Waals surface area contributed by atoms with Crippen LogP contribution in [-0.4, -0.2) is 185 Å². The number of nitrogens with two attached hydrogens (primary N) is 1. The van der Waals surface area contributed by atoms with Crippen LogP contribution in [-0.2, 0) is 64.3 Å². The number of amides is 7. The number of benzene rings is 3. The Balaban J connectivity index is 1.10. The molecule has 24 nitrogen and oxygen atoms in total.